The SMILES string of the molecule is CCCCCNC(=O)c1cc(C(=O)N(C)Cc2ccccc2)ccn1. The van der Waals surface area contributed by atoms with E-state index in [2.05, 4.69) is 17.2 Å². The second kappa shape index (κ2) is 9.57. The van der Waals surface area contributed by atoms with E-state index in [1.54, 1.807) is 24.1 Å². The number of nitrogens with one attached hydrogen (secondary N) is 1. The minimum atomic E-state index is -0.239. The number of amides is 2. The van der Waals surface area contributed by atoms with Crippen molar-refractivity contribution in [1.29, 1.82) is 0 Å². The van der Waals surface area contributed by atoms with Crippen molar-refractivity contribution in [3.8, 4) is 0 Å². The molecule has 0 spiro atoms. The molecule has 0 bridgehead atoms. The number of pyridine rings is 1. The lowest BCUT2D eigenvalue weighted by molar-refractivity contribution is 0.0785. The summed E-state index contributed by atoms with van der Waals surface area (Å²) in [7, 11) is 1.75. The Morgan fingerprint density at radius 2 is 1.88 bits per heavy atom. The first-order valence-electron chi connectivity index (χ1n) is 8.65. The Labute approximate surface area is 149 Å². The fourth-order valence-corrected chi connectivity index (χ4v) is 2.50. The van der Waals surface area contributed by atoms with Crippen molar-refractivity contribution in [2.24, 2.45) is 0 Å². The van der Waals surface area contributed by atoms with Gasteiger partial charge in [-0.3, -0.25) is 14.6 Å². The molecule has 0 atom stereocenters. The maximum atomic E-state index is 12.6. The predicted molar refractivity (Wildman–Crippen MR) is 98.3 cm³/mol. The molecule has 0 fully saturated rings. The number of hydrogen-bond donors (Lipinski definition) is 1. The van der Waals surface area contributed by atoms with Crippen molar-refractivity contribution in [3.05, 3.63) is 65.5 Å². The zero-order valence-electron chi connectivity index (χ0n) is 14.9. The van der Waals surface area contributed by atoms with E-state index in [0.717, 1.165) is 24.8 Å². The van der Waals surface area contributed by atoms with E-state index in [9.17, 15) is 9.59 Å². The maximum absolute atomic E-state index is 12.6. The molecule has 1 aromatic carbocycles. The van der Waals surface area contributed by atoms with Gasteiger partial charge in [0.05, 0.1) is 0 Å². The van der Waals surface area contributed by atoms with E-state index in [-0.39, 0.29) is 17.5 Å². The summed E-state index contributed by atoms with van der Waals surface area (Å²) >= 11 is 0. The Hall–Kier alpha value is -2.69. The lowest BCUT2D eigenvalue weighted by Gasteiger charge is -2.17. The molecule has 5 nitrogen and oxygen atoms in total. The van der Waals surface area contributed by atoms with Crippen molar-refractivity contribution < 1.29 is 9.59 Å². The van der Waals surface area contributed by atoms with Crippen LogP contribution in [0, 0.1) is 0 Å². The molecule has 2 rings (SSSR count). The Morgan fingerprint density at radius 1 is 1.12 bits per heavy atom. The molecule has 132 valence electrons. The van der Waals surface area contributed by atoms with Crippen LogP contribution in [0.3, 0.4) is 0 Å². The van der Waals surface area contributed by atoms with Gasteiger partial charge in [-0.15, -0.1) is 0 Å². The topological polar surface area (TPSA) is 62.3 Å². The molecule has 2 aromatic rings. The standard InChI is InChI=1S/C20H25N3O2/c1-3-4-8-12-22-19(24)18-14-17(11-13-21-18)20(25)23(2)15-16-9-6-5-7-10-16/h5-7,9-11,13-14H,3-4,8,12,15H2,1-2H3,(H,22,24). The fourth-order valence-electron chi connectivity index (χ4n) is 2.50. The van der Waals surface area contributed by atoms with Crippen LogP contribution in [0.1, 0.15) is 52.6 Å². The van der Waals surface area contributed by atoms with Crippen LogP contribution >= 0.6 is 0 Å². The van der Waals surface area contributed by atoms with Gasteiger partial charge in [-0.2, -0.15) is 0 Å². The number of rotatable bonds is 8. The first-order valence-corrected chi connectivity index (χ1v) is 8.65. The van der Waals surface area contributed by atoms with Crippen LogP contribution < -0.4 is 5.32 Å². The molecule has 0 aliphatic carbocycles. The highest BCUT2D eigenvalue weighted by Gasteiger charge is 2.15. The van der Waals surface area contributed by atoms with E-state index in [4.69, 9.17) is 0 Å². The van der Waals surface area contributed by atoms with Gasteiger partial charge in [-0.1, -0.05) is 50.1 Å². The van der Waals surface area contributed by atoms with Gasteiger partial charge in [0.15, 0.2) is 0 Å². The minimum Gasteiger partial charge on any atom is -0.351 e. The van der Waals surface area contributed by atoms with Gasteiger partial charge >= 0.3 is 0 Å². The summed E-state index contributed by atoms with van der Waals surface area (Å²) in [5.74, 6) is -0.372. The largest absolute Gasteiger partial charge is 0.351 e. The van der Waals surface area contributed by atoms with Crippen LogP contribution in [-0.4, -0.2) is 35.3 Å². The van der Waals surface area contributed by atoms with Crippen LogP contribution in [0.5, 0.6) is 0 Å². The Kier molecular flexibility index (Phi) is 7.14. The van der Waals surface area contributed by atoms with E-state index in [0.29, 0.717) is 18.7 Å². The first-order chi connectivity index (χ1) is 12.1. The Balaban J connectivity index is 1.99. The highest BCUT2D eigenvalue weighted by atomic mass is 16.2. The quantitative estimate of drug-likeness (QED) is 0.751. The fraction of sp³-hybridized carbons (Fsp3) is 0.350. The van der Waals surface area contributed by atoms with Crippen molar-refractivity contribution in [3.63, 3.8) is 0 Å². The summed E-state index contributed by atoms with van der Waals surface area (Å²) < 4.78 is 0. The van der Waals surface area contributed by atoms with Gasteiger partial charge in [-0.05, 0) is 24.1 Å². The predicted octanol–water partition coefficient (Wildman–Crippen LogP) is 3.27. The number of aromatic nitrogens is 1. The molecule has 0 unspecified atom stereocenters. The number of nitrogens with zero attached hydrogens (tertiary/aromatic N) is 2. The lowest BCUT2D eigenvalue weighted by Crippen LogP contribution is -2.28. The zero-order valence-corrected chi connectivity index (χ0v) is 14.9. The second-order valence-electron chi connectivity index (χ2n) is 6.04. The Morgan fingerprint density at radius 3 is 2.60 bits per heavy atom. The highest BCUT2D eigenvalue weighted by Crippen LogP contribution is 2.09. The second-order valence-corrected chi connectivity index (χ2v) is 6.04. The summed E-state index contributed by atoms with van der Waals surface area (Å²) in [6.07, 6.45) is 4.63. The van der Waals surface area contributed by atoms with Crippen LogP contribution in [0.15, 0.2) is 48.7 Å². The van der Waals surface area contributed by atoms with Gasteiger partial charge in [0.1, 0.15) is 5.69 Å². The summed E-state index contributed by atoms with van der Waals surface area (Å²) in [6.45, 7) is 3.26. The van der Waals surface area contributed by atoms with Crippen molar-refractivity contribution in [2.45, 2.75) is 32.7 Å². The molecule has 2 amide bonds. The van der Waals surface area contributed by atoms with Crippen LogP contribution in [0.25, 0.3) is 0 Å². The van der Waals surface area contributed by atoms with Gasteiger partial charge < -0.3 is 10.2 Å². The zero-order chi connectivity index (χ0) is 18.1. The van der Waals surface area contributed by atoms with E-state index in [1.807, 2.05) is 30.3 Å². The van der Waals surface area contributed by atoms with Gasteiger partial charge in [0, 0.05) is 31.9 Å². The van der Waals surface area contributed by atoms with Gasteiger partial charge in [0.2, 0.25) is 0 Å². The molecule has 5 heteroatoms. The Bertz CT molecular complexity index is 701. The third-order valence-corrected chi connectivity index (χ3v) is 3.91. The molecular weight excluding hydrogens is 314 g/mol. The molecule has 1 N–H and O–H groups in total. The third kappa shape index (κ3) is 5.71. The molecule has 0 saturated carbocycles. The molecule has 0 saturated heterocycles. The van der Waals surface area contributed by atoms with Crippen molar-refractivity contribution in [2.75, 3.05) is 13.6 Å². The molecule has 1 aromatic heterocycles. The number of unbranched alkanes of at least 4 members (excludes halogenated alkanes) is 2. The van der Waals surface area contributed by atoms with Crippen LogP contribution in [0.4, 0.5) is 0 Å². The summed E-state index contributed by atoms with van der Waals surface area (Å²) in [6, 6.07) is 13.0. The average molecular weight is 339 g/mol. The van der Waals surface area contributed by atoms with Gasteiger partial charge in [-0.25, -0.2) is 0 Å². The maximum Gasteiger partial charge on any atom is 0.269 e. The lowest BCUT2D eigenvalue weighted by atomic mass is 10.1. The van der Waals surface area contributed by atoms with Crippen LogP contribution in [0.2, 0.25) is 0 Å². The summed E-state index contributed by atoms with van der Waals surface area (Å²) in [5.41, 5.74) is 1.80. The number of hydrogen-bond acceptors (Lipinski definition) is 3. The van der Waals surface area contributed by atoms with Crippen molar-refractivity contribution in [1.82, 2.24) is 15.2 Å². The molecule has 0 radical (unpaired) electrons. The molecule has 0 aliphatic rings. The van der Waals surface area contributed by atoms with Crippen molar-refractivity contribution >= 4 is 11.8 Å². The molecule has 25 heavy (non-hydrogen) atoms. The van der Waals surface area contributed by atoms with Crippen LogP contribution in [-0.2, 0) is 6.54 Å². The highest BCUT2D eigenvalue weighted by molar-refractivity contribution is 5.98. The minimum absolute atomic E-state index is 0.133. The molecule has 1 heterocycles. The summed E-state index contributed by atoms with van der Waals surface area (Å²) in [5, 5.41) is 2.84. The normalized spacial score (nSPS) is 10.3. The number of benzene rings is 1. The van der Waals surface area contributed by atoms with E-state index >= 15 is 0 Å². The first kappa shape index (κ1) is 18.6. The van der Waals surface area contributed by atoms with Gasteiger partial charge in [0.25, 0.3) is 11.8 Å². The molecular formula is C20H25N3O2. The monoisotopic (exact) mass is 339 g/mol. The smallest absolute Gasteiger partial charge is 0.269 e. The van der Waals surface area contributed by atoms with E-state index in [1.165, 1.54) is 6.20 Å². The van der Waals surface area contributed by atoms with E-state index < -0.39 is 0 Å². The summed E-state index contributed by atoms with van der Waals surface area (Å²) in [4.78, 5) is 30.4. The number of carbonyl (C=O) groups is 2. The third-order valence-electron chi connectivity index (χ3n) is 3.91. The molecule has 0 aliphatic heterocycles. The average Bonchev–Trinajstić information content (AvgIpc) is 2.65. The number of carbonyl (C=O) groups excluding carboxylic acids is 2.